The predicted molar refractivity (Wildman–Crippen MR) is 134 cm³/mol. The minimum atomic E-state index is 0.106. The number of rotatable bonds is 7. The van der Waals surface area contributed by atoms with Crippen molar-refractivity contribution >= 4 is 35.2 Å². The van der Waals surface area contributed by atoms with Gasteiger partial charge in [-0.3, -0.25) is 4.79 Å². The van der Waals surface area contributed by atoms with Crippen molar-refractivity contribution in [1.29, 1.82) is 0 Å². The van der Waals surface area contributed by atoms with Crippen molar-refractivity contribution in [3.63, 3.8) is 0 Å². The first-order chi connectivity index (χ1) is 16.6. The van der Waals surface area contributed by atoms with Gasteiger partial charge in [0, 0.05) is 29.8 Å². The Labute approximate surface area is 202 Å². The number of amides is 1. The van der Waals surface area contributed by atoms with Gasteiger partial charge in [0.05, 0.1) is 24.0 Å². The lowest BCUT2D eigenvalue weighted by Crippen LogP contribution is -2.20. The Morgan fingerprint density at radius 1 is 1.15 bits per heavy atom. The highest BCUT2D eigenvalue weighted by Crippen LogP contribution is 2.30. The number of nitrogens with one attached hydrogen (secondary N) is 2. The van der Waals surface area contributed by atoms with Gasteiger partial charge in [-0.2, -0.15) is 13.5 Å². The van der Waals surface area contributed by atoms with Crippen molar-refractivity contribution in [3.05, 3.63) is 71.9 Å². The third-order valence-corrected chi connectivity index (χ3v) is 6.79. The highest BCUT2D eigenvalue weighted by Gasteiger charge is 2.22. The monoisotopic (exact) mass is 475 g/mol. The first-order valence-corrected chi connectivity index (χ1v) is 12.2. The lowest BCUT2D eigenvalue weighted by molar-refractivity contribution is -0.119. The summed E-state index contributed by atoms with van der Waals surface area (Å²) in [5.41, 5.74) is 5.10. The van der Waals surface area contributed by atoms with Crippen LogP contribution < -0.4 is 10.6 Å². The Morgan fingerprint density at radius 2 is 1.97 bits per heavy atom. The van der Waals surface area contributed by atoms with Crippen molar-refractivity contribution in [1.82, 2.24) is 14.6 Å². The average Bonchev–Trinajstić information content (AvgIpc) is 3.53. The molecule has 1 aliphatic rings. The van der Waals surface area contributed by atoms with E-state index in [1.54, 1.807) is 4.52 Å². The molecular weight excluding hydrogens is 449 g/mol. The van der Waals surface area contributed by atoms with Crippen LogP contribution >= 0.6 is 12.1 Å². The summed E-state index contributed by atoms with van der Waals surface area (Å²) in [5.74, 6) is 0.937. The van der Waals surface area contributed by atoms with E-state index in [4.69, 9.17) is 0 Å². The second-order valence-corrected chi connectivity index (χ2v) is 9.28. The number of carbonyl (C=O) groups excluding carboxylic acids is 1. The van der Waals surface area contributed by atoms with Crippen LogP contribution in [-0.2, 0) is 11.3 Å². The molecule has 1 fully saturated rings. The maximum absolute atomic E-state index is 13.5. The molecule has 0 atom stereocenters. The lowest BCUT2D eigenvalue weighted by atomic mass is 10.1. The van der Waals surface area contributed by atoms with Crippen LogP contribution in [-0.4, -0.2) is 20.5 Å². The molecule has 0 aliphatic heterocycles. The predicted octanol–water partition coefficient (Wildman–Crippen LogP) is 6.42. The van der Waals surface area contributed by atoms with Crippen molar-refractivity contribution in [3.8, 4) is 11.3 Å². The number of anilines is 2. The van der Waals surface area contributed by atoms with Gasteiger partial charge in [-0.15, -0.1) is 0 Å². The van der Waals surface area contributed by atoms with Gasteiger partial charge in [-0.05, 0) is 43.0 Å². The Hall–Kier alpha value is -3.39. The highest BCUT2D eigenvalue weighted by atomic mass is 32.2. The van der Waals surface area contributed by atoms with Crippen LogP contribution in [0.2, 0.25) is 0 Å². The van der Waals surface area contributed by atoms with Gasteiger partial charge in [0.25, 0.3) is 0 Å². The van der Waals surface area contributed by atoms with E-state index in [0.717, 1.165) is 53.8 Å². The Balaban J connectivity index is 1.40. The molecule has 0 radical (unpaired) electrons. The molecular formula is C26H26FN5OS. The van der Waals surface area contributed by atoms with Gasteiger partial charge in [-0.1, -0.05) is 49.2 Å². The molecule has 8 heteroatoms. The maximum atomic E-state index is 13.5. The number of carbonyl (C=O) groups is 1. The number of halogens is 1. The number of aryl methyl sites for hydroxylation is 1. The summed E-state index contributed by atoms with van der Waals surface area (Å²) in [6, 6.07) is 17.7. The summed E-state index contributed by atoms with van der Waals surface area (Å²) in [7, 11) is 0. The molecule has 5 rings (SSSR count). The zero-order valence-electron chi connectivity index (χ0n) is 18.9. The molecule has 1 saturated carbocycles. The molecule has 34 heavy (non-hydrogen) atoms. The second-order valence-electron chi connectivity index (χ2n) is 8.69. The molecule has 0 spiro atoms. The van der Waals surface area contributed by atoms with E-state index in [1.165, 1.54) is 6.20 Å². The minimum Gasteiger partial charge on any atom is -0.366 e. The van der Waals surface area contributed by atoms with E-state index in [0.29, 0.717) is 22.9 Å². The van der Waals surface area contributed by atoms with E-state index < -0.39 is 0 Å². The molecule has 174 valence electrons. The van der Waals surface area contributed by atoms with Crippen LogP contribution in [0.4, 0.5) is 15.4 Å². The van der Waals surface area contributed by atoms with Gasteiger partial charge in [-0.25, -0.2) is 4.98 Å². The number of aromatic nitrogens is 3. The fourth-order valence-electron chi connectivity index (χ4n) is 4.51. The molecule has 2 heterocycles. The molecule has 1 amide bonds. The summed E-state index contributed by atoms with van der Waals surface area (Å²) < 4.78 is 15.1. The Bertz CT molecular complexity index is 1330. The van der Waals surface area contributed by atoms with Crippen LogP contribution in [0.1, 0.15) is 36.8 Å². The number of nitrogens with zero attached hydrogens (tertiary/aromatic N) is 3. The lowest BCUT2D eigenvalue weighted by Gasteiger charge is -2.14. The van der Waals surface area contributed by atoms with Crippen LogP contribution in [0.25, 0.3) is 16.9 Å². The van der Waals surface area contributed by atoms with Gasteiger partial charge in [0.15, 0.2) is 5.65 Å². The summed E-state index contributed by atoms with van der Waals surface area (Å²) in [4.78, 5) is 17.6. The van der Waals surface area contributed by atoms with Crippen LogP contribution in [0, 0.1) is 12.8 Å². The number of hydrogen-bond acceptors (Lipinski definition) is 5. The summed E-state index contributed by atoms with van der Waals surface area (Å²) in [6.07, 6.45) is 5.68. The molecule has 2 N–H and O–H groups in total. The Morgan fingerprint density at radius 3 is 2.76 bits per heavy atom. The fourth-order valence-corrected chi connectivity index (χ4v) is 4.79. The van der Waals surface area contributed by atoms with E-state index in [-0.39, 0.29) is 24.0 Å². The molecule has 6 nitrogen and oxygen atoms in total. The fraction of sp³-hybridized carbons (Fsp3) is 0.269. The zero-order valence-corrected chi connectivity index (χ0v) is 19.7. The Kier molecular flexibility index (Phi) is 6.49. The third kappa shape index (κ3) is 4.63. The SMILES string of the molecule is Cc1ccccc1-c1cc(NCc2cccc(NC(=O)C3CCCC3)c2)n2ncc(SF)c2n1. The molecule has 1 aliphatic carbocycles. The molecule has 2 aromatic heterocycles. The molecule has 4 aromatic rings. The maximum Gasteiger partial charge on any atom is 0.227 e. The molecule has 0 saturated heterocycles. The van der Waals surface area contributed by atoms with Crippen LogP contribution in [0.3, 0.4) is 0 Å². The highest BCUT2D eigenvalue weighted by molar-refractivity contribution is 7.94. The summed E-state index contributed by atoms with van der Waals surface area (Å²) >= 11 is 0.140. The number of hydrogen-bond donors (Lipinski definition) is 2. The van der Waals surface area contributed by atoms with Crippen molar-refractivity contribution in [2.75, 3.05) is 10.6 Å². The van der Waals surface area contributed by atoms with Crippen molar-refractivity contribution in [2.24, 2.45) is 5.92 Å². The normalized spacial score (nSPS) is 13.9. The smallest absolute Gasteiger partial charge is 0.227 e. The molecule has 2 aromatic carbocycles. The largest absolute Gasteiger partial charge is 0.366 e. The van der Waals surface area contributed by atoms with Crippen LogP contribution in [0.5, 0.6) is 0 Å². The average molecular weight is 476 g/mol. The number of benzene rings is 2. The van der Waals surface area contributed by atoms with Gasteiger partial charge < -0.3 is 10.6 Å². The molecule has 0 bridgehead atoms. The first-order valence-electron chi connectivity index (χ1n) is 11.5. The summed E-state index contributed by atoms with van der Waals surface area (Å²) in [5, 5.41) is 10.8. The third-order valence-electron chi connectivity index (χ3n) is 6.34. The summed E-state index contributed by atoms with van der Waals surface area (Å²) in [6.45, 7) is 2.54. The van der Waals surface area contributed by atoms with Crippen molar-refractivity contribution < 1.29 is 8.68 Å². The number of fused-ring (bicyclic) bond motifs is 1. The van der Waals surface area contributed by atoms with Crippen molar-refractivity contribution in [2.45, 2.75) is 44.0 Å². The minimum absolute atomic E-state index is 0.106. The van der Waals surface area contributed by atoms with Gasteiger partial charge in [0.2, 0.25) is 5.91 Å². The van der Waals surface area contributed by atoms with Gasteiger partial charge in [0.1, 0.15) is 10.7 Å². The second kappa shape index (κ2) is 9.85. The quantitative estimate of drug-likeness (QED) is 0.323. The van der Waals surface area contributed by atoms with E-state index >= 15 is 0 Å². The standard InChI is InChI=1S/C26H26FN5OS/c1-17-7-2-5-12-21(17)22-14-24(32-25(31-22)23(34-27)16-29-32)28-15-18-8-6-11-20(13-18)30-26(33)19-9-3-4-10-19/h2,5-8,11-14,16,19,28H,3-4,9-10,15H2,1H3,(H,30,33). The molecule has 0 unspecified atom stereocenters. The zero-order chi connectivity index (χ0) is 23.5. The first kappa shape index (κ1) is 22.4. The van der Waals surface area contributed by atoms with Crippen LogP contribution in [0.15, 0.2) is 65.7 Å². The van der Waals surface area contributed by atoms with E-state index in [2.05, 4.69) is 20.7 Å². The van der Waals surface area contributed by atoms with E-state index in [1.807, 2.05) is 61.5 Å². The topological polar surface area (TPSA) is 71.3 Å². The van der Waals surface area contributed by atoms with Gasteiger partial charge >= 0.3 is 0 Å². The van der Waals surface area contributed by atoms with E-state index in [9.17, 15) is 8.68 Å².